The van der Waals surface area contributed by atoms with Crippen molar-refractivity contribution < 1.29 is 10.2 Å². The van der Waals surface area contributed by atoms with E-state index in [1.807, 2.05) is 0 Å². The highest BCUT2D eigenvalue weighted by Crippen LogP contribution is 2.49. The smallest absolute Gasteiger partial charge is 0.122 e. The number of aromatic hydroxyl groups is 2. The number of phenols is 2. The SMILES string of the molecule is CC(C)c1cc(C2(c3cc(C(C)C)c(O)c(C(C)C)c3)CCCCCCC2)cc(C(C)C)c1O. The Morgan fingerprint density at radius 1 is 0.500 bits per heavy atom. The van der Waals surface area contributed by atoms with Gasteiger partial charge in [-0.15, -0.1) is 0 Å². The van der Waals surface area contributed by atoms with E-state index in [2.05, 4.69) is 79.7 Å². The Morgan fingerprint density at radius 2 is 0.765 bits per heavy atom. The highest BCUT2D eigenvalue weighted by molar-refractivity contribution is 5.55. The molecule has 0 saturated heterocycles. The van der Waals surface area contributed by atoms with Crippen molar-refractivity contribution in [1.82, 2.24) is 0 Å². The molecular weight excluding hydrogens is 416 g/mol. The molecule has 0 bridgehead atoms. The summed E-state index contributed by atoms with van der Waals surface area (Å²) in [7, 11) is 0. The Hall–Kier alpha value is -1.96. The second-order valence-corrected chi connectivity index (χ2v) is 12.0. The lowest BCUT2D eigenvalue weighted by atomic mass is 9.65. The third-order valence-electron chi connectivity index (χ3n) is 8.14. The van der Waals surface area contributed by atoms with Crippen LogP contribution in [0, 0.1) is 0 Å². The molecule has 0 heterocycles. The number of hydrogen-bond acceptors (Lipinski definition) is 2. The first-order valence-corrected chi connectivity index (χ1v) is 13.7. The quantitative estimate of drug-likeness (QED) is 0.446. The van der Waals surface area contributed by atoms with Crippen LogP contribution in [0.5, 0.6) is 11.5 Å². The van der Waals surface area contributed by atoms with Crippen molar-refractivity contribution in [3.63, 3.8) is 0 Å². The molecule has 1 aliphatic rings. The molecule has 2 aromatic rings. The summed E-state index contributed by atoms with van der Waals surface area (Å²) < 4.78 is 0. The summed E-state index contributed by atoms with van der Waals surface area (Å²) in [4.78, 5) is 0. The first-order chi connectivity index (χ1) is 16.0. The summed E-state index contributed by atoms with van der Waals surface area (Å²) in [6.07, 6.45) is 8.54. The van der Waals surface area contributed by atoms with E-state index in [1.165, 1.54) is 43.2 Å². The van der Waals surface area contributed by atoms with Crippen LogP contribution in [-0.2, 0) is 5.41 Å². The molecule has 0 aliphatic heterocycles. The average Bonchev–Trinajstić information content (AvgIpc) is 2.73. The van der Waals surface area contributed by atoms with Gasteiger partial charge in [-0.1, -0.05) is 112 Å². The summed E-state index contributed by atoms with van der Waals surface area (Å²) in [6.45, 7) is 17.5. The molecule has 0 unspecified atom stereocenters. The summed E-state index contributed by atoms with van der Waals surface area (Å²) >= 11 is 0. The molecule has 0 atom stereocenters. The molecule has 2 nitrogen and oxygen atoms in total. The minimum Gasteiger partial charge on any atom is -0.507 e. The molecular formula is C32H48O2. The lowest BCUT2D eigenvalue weighted by Gasteiger charge is -2.39. The first kappa shape index (κ1) is 26.6. The second-order valence-electron chi connectivity index (χ2n) is 12.0. The van der Waals surface area contributed by atoms with Gasteiger partial charge in [0, 0.05) is 5.41 Å². The van der Waals surface area contributed by atoms with Gasteiger partial charge in [-0.25, -0.2) is 0 Å². The van der Waals surface area contributed by atoms with Gasteiger partial charge in [-0.3, -0.25) is 0 Å². The molecule has 188 valence electrons. The normalized spacial score (nSPS) is 16.9. The van der Waals surface area contributed by atoms with Gasteiger partial charge < -0.3 is 10.2 Å². The maximum atomic E-state index is 11.1. The van der Waals surface area contributed by atoms with E-state index in [1.54, 1.807) is 0 Å². The number of benzene rings is 2. The Bertz CT molecular complexity index is 843. The van der Waals surface area contributed by atoms with Crippen LogP contribution in [0.25, 0.3) is 0 Å². The maximum Gasteiger partial charge on any atom is 0.122 e. The van der Waals surface area contributed by atoms with E-state index in [-0.39, 0.29) is 29.1 Å². The van der Waals surface area contributed by atoms with Crippen LogP contribution in [0.15, 0.2) is 24.3 Å². The van der Waals surface area contributed by atoms with Crippen molar-refractivity contribution in [2.45, 2.75) is 129 Å². The average molecular weight is 465 g/mol. The van der Waals surface area contributed by atoms with Crippen LogP contribution >= 0.6 is 0 Å². The minimum atomic E-state index is -0.0949. The van der Waals surface area contributed by atoms with Crippen LogP contribution in [-0.4, -0.2) is 10.2 Å². The fourth-order valence-electron chi connectivity index (χ4n) is 5.93. The highest BCUT2D eigenvalue weighted by atomic mass is 16.3. The third kappa shape index (κ3) is 5.16. The third-order valence-corrected chi connectivity index (χ3v) is 8.14. The van der Waals surface area contributed by atoms with Crippen molar-refractivity contribution in [3.05, 3.63) is 57.6 Å². The van der Waals surface area contributed by atoms with Crippen molar-refractivity contribution in [2.24, 2.45) is 0 Å². The Labute approximate surface area is 208 Å². The molecule has 0 amide bonds. The van der Waals surface area contributed by atoms with E-state index < -0.39 is 0 Å². The molecule has 2 aromatic carbocycles. The van der Waals surface area contributed by atoms with Crippen molar-refractivity contribution in [3.8, 4) is 11.5 Å². The molecule has 34 heavy (non-hydrogen) atoms. The predicted molar refractivity (Wildman–Crippen MR) is 146 cm³/mol. The number of phenolic OH excluding ortho intramolecular Hbond substituents is 2. The van der Waals surface area contributed by atoms with E-state index in [9.17, 15) is 10.2 Å². The molecule has 1 aliphatic carbocycles. The molecule has 1 saturated carbocycles. The summed E-state index contributed by atoms with van der Waals surface area (Å²) in [5, 5.41) is 22.3. The van der Waals surface area contributed by atoms with Gasteiger partial charge in [0.2, 0.25) is 0 Å². The molecule has 3 rings (SSSR count). The molecule has 0 radical (unpaired) electrons. The van der Waals surface area contributed by atoms with E-state index in [0.29, 0.717) is 11.5 Å². The fourth-order valence-corrected chi connectivity index (χ4v) is 5.93. The van der Waals surface area contributed by atoms with Gasteiger partial charge in [-0.2, -0.15) is 0 Å². The van der Waals surface area contributed by atoms with Gasteiger partial charge in [0.25, 0.3) is 0 Å². The first-order valence-electron chi connectivity index (χ1n) is 13.7. The van der Waals surface area contributed by atoms with E-state index in [0.717, 1.165) is 35.1 Å². The topological polar surface area (TPSA) is 40.5 Å². The standard InChI is InChI=1S/C32H48O2/c1-20(2)26-16-24(17-27(21(3)4)30(26)33)32(14-12-10-9-11-13-15-32)25-18-28(22(5)6)31(34)29(19-25)23(7)8/h16-23,33-34H,9-15H2,1-8H3. The summed E-state index contributed by atoms with van der Waals surface area (Å²) in [5.74, 6) is 2.01. The minimum absolute atomic E-state index is 0.0949. The predicted octanol–water partition coefficient (Wildman–Crippen LogP) is 9.62. The maximum absolute atomic E-state index is 11.1. The molecule has 1 fully saturated rings. The van der Waals surface area contributed by atoms with Crippen LogP contribution < -0.4 is 0 Å². The Balaban J connectivity index is 2.38. The summed E-state index contributed by atoms with van der Waals surface area (Å²) in [5.41, 5.74) is 6.88. The van der Waals surface area contributed by atoms with Gasteiger partial charge in [0.1, 0.15) is 11.5 Å². The molecule has 2 N–H and O–H groups in total. The summed E-state index contributed by atoms with van der Waals surface area (Å²) in [6, 6.07) is 9.24. The Kier molecular flexibility index (Phi) is 8.43. The van der Waals surface area contributed by atoms with E-state index >= 15 is 0 Å². The number of rotatable bonds is 6. The lowest BCUT2D eigenvalue weighted by molar-refractivity contribution is 0.363. The molecule has 0 spiro atoms. The van der Waals surface area contributed by atoms with Crippen molar-refractivity contribution in [2.75, 3.05) is 0 Å². The van der Waals surface area contributed by atoms with E-state index in [4.69, 9.17) is 0 Å². The van der Waals surface area contributed by atoms with Crippen molar-refractivity contribution >= 4 is 0 Å². The van der Waals surface area contributed by atoms with Crippen LogP contribution in [0.4, 0.5) is 0 Å². The van der Waals surface area contributed by atoms with Gasteiger partial charge >= 0.3 is 0 Å². The monoisotopic (exact) mass is 464 g/mol. The zero-order chi connectivity index (χ0) is 25.2. The van der Waals surface area contributed by atoms with Crippen LogP contribution in [0.1, 0.15) is 157 Å². The second kappa shape index (κ2) is 10.8. The Morgan fingerprint density at radius 3 is 1.03 bits per heavy atom. The van der Waals surface area contributed by atoms with Gasteiger partial charge in [0.15, 0.2) is 0 Å². The van der Waals surface area contributed by atoms with Crippen LogP contribution in [0.2, 0.25) is 0 Å². The van der Waals surface area contributed by atoms with Gasteiger partial charge in [0.05, 0.1) is 0 Å². The van der Waals surface area contributed by atoms with Crippen molar-refractivity contribution in [1.29, 1.82) is 0 Å². The largest absolute Gasteiger partial charge is 0.507 e. The highest BCUT2D eigenvalue weighted by Gasteiger charge is 2.37. The molecule has 0 aromatic heterocycles. The molecule has 2 heteroatoms. The zero-order valence-corrected chi connectivity index (χ0v) is 23.0. The zero-order valence-electron chi connectivity index (χ0n) is 23.0. The lowest BCUT2D eigenvalue weighted by Crippen LogP contribution is -2.30. The number of hydrogen-bond donors (Lipinski definition) is 2. The fraction of sp³-hybridized carbons (Fsp3) is 0.625. The van der Waals surface area contributed by atoms with Gasteiger partial charge in [-0.05, 0) is 69.9 Å². The van der Waals surface area contributed by atoms with Crippen LogP contribution in [0.3, 0.4) is 0 Å².